The molecule has 0 aliphatic carbocycles. The first-order valence-corrected chi connectivity index (χ1v) is 5.74. The van der Waals surface area contributed by atoms with Gasteiger partial charge in [0.1, 0.15) is 11.9 Å². The molecule has 5 heteroatoms. The minimum absolute atomic E-state index is 0.209. The molecule has 1 amide bonds. The Hall–Kier alpha value is -2.38. The van der Waals surface area contributed by atoms with Crippen LogP contribution in [0.2, 0.25) is 5.02 Å². The third kappa shape index (κ3) is 3.09. The van der Waals surface area contributed by atoms with Crippen LogP contribution in [-0.4, -0.2) is 5.91 Å². The number of carbonyl (C=O) groups is 1. The summed E-state index contributed by atoms with van der Waals surface area (Å²) in [7, 11) is 0. The van der Waals surface area contributed by atoms with Crippen molar-refractivity contribution in [2.75, 3.05) is 5.32 Å². The summed E-state index contributed by atoms with van der Waals surface area (Å²) in [6, 6.07) is 11.8. The molecule has 0 spiro atoms. The minimum Gasteiger partial charge on any atom is -0.322 e. The molecule has 2 aromatic carbocycles. The predicted octanol–water partition coefficient (Wildman–Crippen LogP) is 3.60. The van der Waals surface area contributed by atoms with E-state index in [-0.39, 0.29) is 10.6 Å². The number of rotatable bonds is 2. The van der Waals surface area contributed by atoms with Crippen molar-refractivity contribution in [3.8, 4) is 6.07 Å². The third-order valence-electron chi connectivity index (χ3n) is 2.43. The van der Waals surface area contributed by atoms with E-state index in [9.17, 15) is 9.18 Å². The Bertz CT molecular complexity index is 679. The number of carbonyl (C=O) groups excluding carboxylic acids is 1. The molecule has 19 heavy (non-hydrogen) atoms. The van der Waals surface area contributed by atoms with Crippen LogP contribution in [0, 0.1) is 17.1 Å². The maximum Gasteiger partial charge on any atom is 0.255 e. The molecular formula is C14H8ClFN2O. The van der Waals surface area contributed by atoms with Crippen molar-refractivity contribution >= 4 is 23.2 Å². The molecule has 0 bridgehead atoms. The van der Waals surface area contributed by atoms with E-state index in [1.807, 2.05) is 6.07 Å². The molecule has 2 aromatic rings. The van der Waals surface area contributed by atoms with Gasteiger partial charge < -0.3 is 5.32 Å². The summed E-state index contributed by atoms with van der Waals surface area (Å²) in [6.45, 7) is 0. The summed E-state index contributed by atoms with van der Waals surface area (Å²) < 4.78 is 13.0. The van der Waals surface area contributed by atoms with Gasteiger partial charge >= 0.3 is 0 Å². The van der Waals surface area contributed by atoms with Gasteiger partial charge in [-0.2, -0.15) is 5.26 Å². The molecule has 2 rings (SSSR count). The van der Waals surface area contributed by atoms with Gasteiger partial charge in [-0.3, -0.25) is 4.79 Å². The molecule has 0 atom stereocenters. The van der Waals surface area contributed by atoms with Crippen LogP contribution in [0.3, 0.4) is 0 Å². The topological polar surface area (TPSA) is 52.9 Å². The highest BCUT2D eigenvalue weighted by atomic mass is 35.5. The predicted molar refractivity (Wildman–Crippen MR) is 70.5 cm³/mol. The fourth-order valence-electron chi connectivity index (χ4n) is 1.52. The second kappa shape index (κ2) is 5.51. The summed E-state index contributed by atoms with van der Waals surface area (Å²) >= 11 is 5.85. The molecule has 3 nitrogen and oxygen atoms in total. The first kappa shape index (κ1) is 13.1. The smallest absolute Gasteiger partial charge is 0.255 e. The maximum absolute atomic E-state index is 13.0. The van der Waals surface area contributed by atoms with Gasteiger partial charge in [-0.15, -0.1) is 0 Å². The number of hydrogen-bond acceptors (Lipinski definition) is 2. The standard InChI is InChI=1S/C14H8ClFN2O/c15-13-7-12(5-4-10(13)8-17)18-14(19)9-2-1-3-11(16)6-9/h1-7H,(H,18,19). The van der Waals surface area contributed by atoms with Gasteiger partial charge in [0.05, 0.1) is 10.6 Å². The molecule has 0 saturated carbocycles. The maximum atomic E-state index is 13.0. The summed E-state index contributed by atoms with van der Waals surface area (Å²) in [5, 5.41) is 11.6. The highest BCUT2D eigenvalue weighted by Crippen LogP contribution is 2.20. The Labute approximate surface area is 114 Å². The first-order valence-electron chi connectivity index (χ1n) is 5.37. The Morgan fingerprint density at radius 1 is 1.26 bits per heavy atom. The van der Waals surface area contributed by atoms with Crippen molar-refractivity contribution in [2.45, 2.75) is 0 Å². The van der Waals surface area contributed by atoms with Crippen molar-refractivity contribution < 1.29 is 9.18 Å². The molecular weight excluding hydrogens is 267 g/mol. The fraction of sp³-hybridized carbons (Fsp3) is 0. The van der Waals surface area contributed by atoms with E-state index in [2.05, 4.69) is 5.32 Å². The highest BCUT2D eigenvalue weighted by molar-refractivity contribution is 6.32. The van der Waals surface area contributed by atoms with E-state index >= 15 is 0 Å². The lowest BCUT2D eigenvalue weighted by molar-refractivity contribution is 0.102. The lowest BCUT2D eigenvalue weighted by atomic mass is 10.2. The first-order chi connectivity index (χ1) is 9.10. The van der Waals surface area contributed by atoms with Crippen LogP contribution in [0.15, 0.2) is 42.5 Å². The van der Waals surface area contributed by atoms with Crippen LogP contribution >= 0.6 is 11.6 Å². The van der Waals surface area contributed by atoms with E-state index in [0.29, 0.717) is 11.3 Å². The number of nitriles is 1. The number of nitrogens with zero attached hydrogens (tertiary/aromatic N) is 1. The summed E-state index contributed by atoms with van der Waals surface area (Å²) in [4.78, 5) is 11.8. The van der Waals surface area contributed by atoms with Gasteiger partial charge in [0.25, 0.3) is 5.91 Å². The fourth-order valence-corrected chi connectivity index (χ4v) is 1.74. The largest absolute Gasteiger partial charge is 0.322 e. The zero-order chi connectivity index (χ0) is 13.8. The van der Waals surface area contributed by atoms with Crippen molar-refractivity contribution in [2.24, 2.45) is 0 Å². The number of halogens is 2. The summed E-state index contributed by atoms with van der Waals surface area (Å²) in [5.41, 5.74) is 0.976. The minimum atomic E-state index is -0.481. The van der Waals surface area contributed by atoms with Gasteiger partial charge in [0, 0.05) is 11.3 Å². The van der Waals surface area contributed by atoms with Crippen LogP contribution in [-0.2, 0) is 0 Å². The zero-order valence-electron chi connectivity index (χ0n) is 9.65. The van der Waals surface area contributed by atoms with Gasteiger partial charge in [0.2, 0.25) is 0 Å². The Balaban J connectivity index is 2.20. The van der Waals surface area contributed by atoms with Crippen LogP contribution in [0.25, 0.3) is 0 Å². The van der Waals surface area contributed by atoms with Crippen LogP contribution < -0.4 is 5.32 Å². The molecule has 94 valence electrons. The number of hydrogen-bond donors (Lipinski definition) is 1. The van der Waals surface area contributed by atoms with Gasteiger partial charge in [-0.25, -0.2) is 4.39 Å². The molecule has 0 unspecified atom stereocenters. The molecule has 0 heterocycles. The average molecular weight is 275 g/mol. The molecule has 0 aliphatic rings. The molecule has 0 aromatic heterocycles. The quantitative estimate of drug-likeness (QED) is 0.909. The third-order valence-corrected chi connectivity index (χ3v) is 2.75. The molecule has 0 radical (unpaired) electrons. The lowest BCUT2D eigenvalue weighted by Crippen LogP contribution is -2.12. The van der Waals surface area contributed by atoms with E-state index in [1.165, 1.54) is 30.3 Å². The molecule has 1 N–H and O–H groups in total. The van der Waals surface area contributed by atoms with Crippen molar-refractivity contribution in [3.63, 3.8) is 0 Å². The molecule has 0 saturated heterocycles. The summed E-state index contributed by atoms with van der Waals surface area (Å²) in [6.07, 6.45) is 0. The number of benzene rings is 2. The SMILES string of the molecule is N#Cc1ccc(NC(=O)c2cccc(F)c2)cc1Cl. The highest BCUT2D eigenvalue weighted by Gasteiger charge is 2.08. The van der Waals surface area contributed by atoms with Crippen LogP contribution in [0.1, 0.15) is 15.9 Å². The average Bonchev–Trinajstić information content (AvgIpc) is 2.39. The Morgan fingerprint density at radius 3 is 2.68 bits per heavy atom. The van der Waals surface area contributed by atoms with Crippen molar-refractivity contribution in [1.29, 1.82) is 5.26 Å². The van der Waals surface area contributed by atoms with Gasteiger partial charge in [0.15, 0.2) is 0 Å². The van der Waals surface area contributed by atoms with E-state index in [0.717, 1.165) is 6.07 Å². The monoisotopic (exact) mass is 274 g/mol. The van der Waals surface area contributed by atoms with E-state index in [4.69, 9.17) is 16.9 Å². The van der Waals surface area contributed by atoms with Crippen LogP contribution in [0.5, 0.6) is 0 Å². The Kier molecular flexibility index (Phi) is 3.79. The van der Waals surface area contributed by atoms with Gasteiger partial charge in [-0.1, -0.05) is 17.7 Å². The zero-order valence-corrected chi connectivity index (χ0v) is 10.4. The van der Waals surface area contributed by atoms with Gasteiger partial charge in [-0.05, 0) is 36.4 Å². The normalized spacial score (nSPS) is 9.74. The van der Waals surface area contributed by atoms with Crippen LogP contribution in [0.4, 0.5) is 10.1 Å². The number of nitrogens with one attached hydrogen (secondary N) is 1. The van der Waals surface area contributed by atoms with E-state index < -0.39 is 11.7 Å². The Morgan fingerprint density at radius 2 is 2.05 bits per heavy atom. The second-order valence-electron chi connectivity index (χ2n) is 3.77. The van der Waals surface area contributed by atoms with Crippen molar-refractivity contribution in [3.05, 3.63) is 64.4 Å². The number of anilines is 1. The number of amides is 1. The lowest BCUT2D eigenvalue weighted by Gasteiger charge is -2.06. The van der Waals surface area contributed by atoms with E-state index in [1.54, 1.807) is 6.07 Å². The summed E-state index contributed by atoms with van der Waals surface area (Å²) in [5.74, 6) is -0.925. The second-order valence-corrected chi connectivity index (χ2v) is 4.18. The van der Waals surface area contributed by atoms with Crippen molar-refractivity contribution in [1.82, 2.24) is 0 Å². The molecule has 0 fully saturated rings. The molecule has 0 aliphatic heterocycles.